The van der Waals surface area contributed by atoms with Gasteiger partial charge in [-0.3, -0.25) is 4.57 Å². The van der Waals surface area contributed by atoms with Crippen molar-refractivity contribution in [2.45, 2.75) is 13.2 Å². The van der Waals surface area contributed by atoms with E-state index in [0.717, 1.165) is 12.1 Å². The zero-order valence-corrected chi connectivity index (χ0v) is 15.4. The van der Waals surface area contributed by atoms with E-state index in [1.165, 1.54) is 12.1 Å². The molecule has 0 fully saturated rings. The highest BCUT2D eigenvalue weighted by Gasteiger charge is 2.19. The number of hydrogen-bond acceptors (Lipinski definition) is 5. The topological polar surface area (TPSA) is 56.6 Å². The van der Waals surface area contributed by atoms with Crippen molar-refractivity contribution >= 4 is 5.82 Å². The molecule has 150 valence electrons. The monoisotopic (exact) mass is 403 g/mol. The fraction of sp³-hybridized carbons (Fsp3) is 0.200. The van der Waals surface area contributed by atoms with Crippen LogP contribution in [-0.4, -0.2) is 23.1 Å². The molecular weight excluding hydrogens is 387 g/mol. The van der Waals surface area contributed by atoms with Gasteiger partial charge in [-0.15, -0.1) is 0 Å². The van der Waals surface area contributed by atoms with Crippen molar-refractivity contribution in [2.75, 3.05) is 18.5 Å². The highest BCUT2D eigenvalue weighted by atomic mass is 19.1. The van der Waals surface area contributed by atoms with E-state index in [9.17, 15) is 18.0 Å². The van der Waals surface area contributed by atoms with Crippen LogP contribution >= 0.6 is 0 Å². The smallest absolute Gasteiger partial charge is 0.352 e. The first-order chi connectivity index (χ1) is 13.9. The number of hydrogen-bond donors (Lipinski definition) is 0. The van der Waals surface area contributed by atoms with Crippen LogP contribution < -0.4 is 20.1 Å². The Balaban J connectivity index is 1.47. The summed E-state index contributed by atoms with van der Waals surface area (Å²) < 4.78 is 53.1. The molecule has 0 saturated heterocycles. The van der Waals surface area contributed by atoms with Crippen molar-refractivity contribution in [1.29, 1.82) is 0 Å². The standard InChI is InChI=1S/C20H16F3N3O3/c1-25-4-5-26-19(25)10-18(24-20(26)27)28-11-12-2-3-17(16(23)6-12)29-15-8-13(21)7-14(22)9-15/h2-3,6-10H,4-5,11H2,1H3. The second-order valence-electron chi connectivity index (χ2n) is 6.57. The average molecular weight is 403 g/mol. The molecule has 0 N–H and O–H groups in total. The third-order valence-corrected chi connectivity index (χ3v) is 4.46. The average Bonchev–Trinajstić information content (AvgIpc) is 3.03. The van der Waals surface area contributed by atoms with Gasteiger partial charge in [-0.05, 0) is 17.7 Å². The first-order valence-corrected chi connectivity index (χ1v) is 8.77. The molecule has 3 aromatic rings. The molecule has 6 nitrogen and oxygen atoms in total. The Morgan fingerprint density at radius 3 is 2.52 bits per heavy atom. The lowest BCUT2D eigenvalue weighted by Crippen LogP contribution is -2.22. The van der Waals surface area contributed by atoms with Crippen LogP contribution in [0, 0.1) is 17.5 Å². The number of anilines is 1. The number of nitrogens with zero attached hydrogens (tertiary/aromatic N) is 3. The minimum absolute atomic E-state index is 0.0224. The number of ether oxygens (including phenoxy) is 2. The van der Waals surface area contributed by atoms with Gasteiger partial charge in [0.25, 0.3) is 0 Å². The predicted molar refractivity (Wildman–Crippen MR) is 98.9 cm³/mol. The Kier molecular flexibility index (Phi) is 4.87. The quantitative estimate of drug-likeness (QED) is 0.653. The zero-order valence-electron chi connectivity index (χ0n) is 15.4. The van der Waals surface area contributed by atoms with Gasteiger partial charge in [0.2, 0.25) is 5.88 Å². The number of fused-ring (bicyclic) bond motifs is 1. The van der Waals surface area contributed by atoms with E-state index in [1.807, 2.05) is 11.9 Å². The molecule has 9 heteroatoms. The van der Waals surface area contributed by atoms with E-state index in [1.54, 1.807) is 16.7 Å². The van der Waals surface area contributed by atoms with Crippen LogP contribution in [0.4, 0.5) is 19.0 Å². The maximum Gasteiger partial charge on any atom is 0.352 e. The lowest BCUT2D eigenvalue weighted by atomic mass is 10.2. The van der Waals surface area contributed by atoms with Gasteiger partial charge in [0, 0.05) is 44.4 Å². The summed E-state index contributed by atoms with van der Waals surface area (Å²) in [7, 11) is 1.86. The van der Waals surface area contributed by atoms with Crippen LogP contribution in [0.5, 0.6) is 17.4 Å². The second kappa shape index (κ2) is 7.50. The van der Waals surface area contributed by atoms with Gasteiger partial charge < -0.3 is 14.4 Å². The molecule has 0 aliphatic carbocycles. The Hall–Kier alpha value is -3.49. The minimum Gasteiger partial charge on any atom is -0.473 e. The normalized spacial score (nSPS) is 12.8. The number of likely N-dealkylation sites (N-methyl/N-ethyl adjacent to an activating group) is 1. The number of halogens is 3. The lowest BCUT2D eigenvalue weighted by molar-refractivity contribution is 0.290. The highest BCUT2D eigenvalue weighted by molar-refractivity contribution is 5.44. The molecule has 1 aromatic heterocycles. The van der Waals surface area contributed by atoms with Crippen molar-refractivity contribution in [3.8, 4) is 17.4 Å². The van der Waals surface area contributed by atoms with Crippen LogP contribution in [0.1, 0.15) is 5.56 Å². The Bertz CT molecular complexity index is 1110. The number of rotatable bonds is 5. The highest BCUT2D eigenvalue weighted by Crippen LogP contribution is 2.27. The first kappa shape index (κ1) is 18.9. The molecule has 2 aromatic carbocycles. The molecule has 0 amide bonds. The summed E-state index contributed by atoms with van der Waals surface area (Å²) in [5, 5.41) is 0. The van der Waals surface area contributed by atoms with E-state index >= 15 is 0 Å². The maximum absolute atomic E-state index is 14.3. The predicted octanol–water partition coefficient (Wildman–Crippen LogP) is 3.48. The van der Waals surface area contributed by atoms with Gasteiger partial charge in [-0.2, -0.15) is 4.98 Å². The van der Waals surface area contributed by atoms with Crippen LogP contribution in [0.2, 0.25) is 0 Å². The summed E-state index contributed by atoms with van der Waals surface area (Å²) in [5.74, 6) is -1.87. The van der Waals surface area contributed by atoms with E-state index in [-0.39, 0.29) is 24.0 Å². The molecule has 1 aliphatic heterocycles. The molecule has 0 bridgehead atoms. The second-order valence-corrected chi connectivity index (χ2v) is 6.57. The summed E-state index contributed by atoms with van der Waals surface area (Å²) in [6.07, 6.45) is 0. The molecule has 1 aliphatic rings. The Morgan fingerprint density at radius 2 is 1.79 bits per heavy atom. The minimum atomic E-state index is -0.825. The van der Waals surface area contributed by atoms with Crippen molar-refractivity contribution < 1.29 is 22.6 Å². The fourth-order valence-corrected chi connectivity index (χ4v) is 3.03. The summed E-state index contributed by atoms with van der Waals surface area (Å²) in [6.45, 7) is 1.26. The zero-order chi connectivity index (χ0) is 20.5. The molecule has 0 spiro atoms. The van der Waals surface area contributed by atoms with Crippen LogP contribution in [-0.2, 0) is 13.2 Å². The van der Waals surface area contributed by atoms with Crippen molar-refractivity contribution in [3.63, 3.8) is 0 Å². The molecule has 2 heterocycles. The Labute approximate surface area is 163 Å². The number of benzene rings is 2. The first-order valence-electron chi connectivity index (χ1n) is 8.77. The van der Waals surface area contributed by atoms with Crippen molar-refractivity contribution in [1.82, 2.24) is 9.55 Å². The van der Waals surface area contributed by atoms with Crippen LogP contribution in [0.25, 0.3) is 0 Å². The van der Waals surface area contributed by atoms with Crippen LogP contribution in [0.3, 0.4) is 0 Å². The summed E-state index contributed by atoms with van der Waals surface area (Å²) in [4.78, 5) is 17.8. The van der Waals surface area contributed by atoms with Gasteiger partial charge in [-0.25, -0.2) is 18.0 Å². The molecule has 4 rings (SSSR count). The lowest BCUT2D eigenvalue weighted by Gasteiger charge is -2.13. The van der Waals surface area contributed by atoms with E-state index in [2.05, 4.69) is 4.98 Å². The maximum atomic E-state index is 14.3. The van der Waals surface area contributed by atoms with E-state index in [0.29, 0.717) is 30.5 Å². The van der Waals surface area contributed by atoms with Gasteiger partial charge in [-0.1, -0.05) is 6.07 Å². The fourth-order valence-electron chi connectivity index (χ4n) is 3.03. The largest absolute Gasteiger partial charge is 0.473 e. The molecule has 29 heavy (non-hydrogen) atoms. The third kappa shape index (κ3) is 4.03. The van der Waals surface area contributed by atoms with E-state index < -0.39 is 23.1 Å². The van der Waals surface area contributed by atoms with E-state index in [4.69, 9.17) is 9.47 Å². The van der Waals surface area contributed by atoms with Crippen LogP contribution in [0.15, 0.2) is 47.3 Å². The molecular formula is C20H16F3N3O3. The third-order valence-electron chi connectivity index (χ3n) is 4.46. The number of aromatic nitrogens is 2. The summed E-state index contributed by atoms with van der Waals surface area (Å²) in [5.41, 5.74) is 0.0649. The SMILES string of the molecule is CN1CCn2c1cc(OCc1ccc(Oc3cc(F)cc(F)c3)c(F)c1)nc2=O. The Morgan fingerprint density at radius 1 is 1.03 bits per heavy atom. The van der Waals surface area contributed by atoms with Crippen molar-refractivity contribution in [2.24, 2.45) is 0 Å². The van der Waals surface area contributed by atoms with Gasteiger partial charge >= 0.3 is 5.69 Å². The molecule has 0 atom stereocenters. The van der Waals surface area contributed by atoms with Gasteiger partial charge in [0.1, 0.15) is 29.8 Å². The summed E-state index contributed by atoms with van der Waals surface area (Å²) >= 11 is 0. The van der Waals surface area contributed by atoms with Gasteiger partial charge in [0.05, 0.1) is 0 Å². The van der Waals surface area contributed by atoms with Crippen molar-refractivity contribution in [3.05, 3.63) is 76.0 Å². The molecule has 0 unspecified atom stereocenters. The molecule has 0 saturated carbocycles. The summed E-state index contributed by atoms with van der Waals surface area (Å²) in [6, 6.07) is 8.30. The molecule has 0 radical (unpaired) electrons. The van der Waals surface area contributed by atoms with Gasteiger partial charge in [0.15, 0.2) is 11.6 Å².